The Morgan fingerprint density at radius 3 is 2.47 bits per heavy atom. The summed E-state index contributed by atoms with van der Waals surface area (Å²) in [5, 5.41) is 0.561. The normalized spacial score (nSPS) is 26.7. The van der Waals surface area contributed by atoms with Gasteiger partial charge >= 0.3 is 0 Å². The first kappa shape index (κ1) is 10.6. The lowest BCUT2D eigenvalue weighted by Gasteiger charge is -2.28. The van der Waals surface area contributed by atoms with Gasteiger partial charge in [-0.2, -0.15) is 0 Å². The number of rotatable bonds is 1. The molecular weight excluding hydrogens is 215 g/mol. The number of hydrogen-bond acceptors (Lipinski definition) is 1. The van der Waals surface area contributed by atoms with E-state index in [0.29, 0.717) is 23.4 Å². The first-order valence-electron chi connectivity index (χ1n) is 5.11. The van der Waals surface area contributed by atoms with E-state index in [0.717, 1.165) is 12.8 Å². The van der Waals surface area contributed by atoms with Crippen LogP contribution in [0.15, 0.2) is 24.3 Å². The first-order chi connectivity index (χ1) is 7.13. The van der Waals surface area contributed by atoms with Crippen molar-refractivity contribution in [1.82, 2.24) is 0 Å². The summed E-state index contributed by atoms with van der Waals surface area (Å²) in [6.45, 7) is 0. The van der Waals surface area contributed by atoms with E-state index in [1.807, 2.05) is 0 Å². The van der Waals surface area contributed by atoms with Crippen LogP contribution in [0.5, 0.6) is 0 Å². The molecule has 0 N–H and O–H groups in total. The molecular formula is C12H12ClFO. The van der Waals surface area contributed by atoms with Gasteiger partial charge in [0.2, 0.25) is 0 Å². The number of Topliss-reactive ketones (excluding diaryl/α,β-unsaturated/α-hetero) is 1. The van der Waals surface area contributed by atoms with Gasteiger partial charge in [0.15, 0.2) is 11.5 Å². The summed E-state index contributed by atoms with van der Waals surface area (Å²) in [7, 11) is 0. The van der Waals surface area contributed by atoms with Gasteiger partial charge in [0, 0.05) is 11.4 Å². The molecule has 1 fully saturated rings. The molecule has 0 bridgehead atoms. The average Bonchev–Trinajstić information content (AvgIpc) is 2.23. The Morgan fingerprint density at radius 1 is 1.20 bits per heavy atom. The van der Waals surface area contributed by atoms with Crippen LogP contribution >= 0.6 is 11.6 Å². The summed E-state index contributed by atoms with van der Waals surface area (Å²) in [4.78, 5) is 11.6. The van der Waals surface area contributed by atoms with E-state index in [1.54, 1.807) is 24.3 Å². The lowest BCUT2D eigenvalue weighted by atomic mass is 9.80. The van der Waals surface area contributed by atoms with Gasteiger partial charge < -0.3 is 0 Å². The highest BCUT2D eigenvalue weighted by atomic mass is 35.5. The number of halogens is 2. The van der Waals surface area contributed by atoms with Crippen LogP contribution < -0.4 is 0 Å². The number of ketones is 1. The summed E-state index contributed by atoms with van der Waals surface area (Å²) in [5.41, 5.74) is -1.33. The summed E-state index contributed by atoms with van der Waals surface area (Å²) < 4.78 is 14.4. The number of carbonyl (C=O) groups excluding carboxylic acids is 1. The lowest BCUT2D eigenvalue weighted by Crippen LogP contribution is -2.33. The highest BCUT2D eigenvalue weighted by Gasteiger charge is 2.41. The quantitative estimate of drug-likeness (QED) is 0.715. The molecule has 2 rings (SSSR count). The minimum atomic E-state index is -1.77. The first-order valence-corrected chi connectivity index (χ1v) is 5.49. The summed E-state index contributed by atoms with van der Waals surface area (Å²) >= 11 is 5.73. The third-order valence-electron chi connectivity index (χ3n) is 2.92. The molecule has 0 aromatic heterocycles. The van der Waals surface area contributed by atoms with E-state index in [9.17, 15) is 9.18 Å². The number of alkyl halides is 1. The second-order valence-electron chi connectivity index (χ2n) is 3.94. The van der Waals surface area contributed by atoms with Gasteiger partial charge in [-0.3, -0.25) is 4.79 Å². The number of hydrogen-bond donors (Lipinski definition) is 0. The topological polar surface area (TPSA) is 17.1 Å². The molecule has 80 valence electrons. The van der Waals surface area contributed by atoms with Crippen LogP contribution in [0.1, 0.15) is 31.2 Å². The zero-order chi connectivity index (χ0) is 10.9. The van der Waals surface area contributed by atoms with Crippen molar-refractivity contribution in [2.75, 3.05) is 0 Å². The standard InChI is InChI=1S/C12H12ClFO/c13-10-6-4-9(5-7-10)12(14)8-2-1-3-11(12)15/h4-7H,1-3,8H2/t12-/m1/s1. The zero-order valence-electron chi connectivity index (χ0n) is 8.30. The van der Waals surface area contributed by atoms with Crippen LogP contribution in [-0.2, 0) is 10.5 Å². The maximum absolute atomic E-state index is 14.4. The second-order valence-corrected chi connectivity index (χ2v) is 4.37. The molecule has 0 amide bonds. The van der Waals surface area contributed by atoms with Crippen molar-refractivity contribution in [3.8, 4) is 0 Å². The van der Waals surface area contributed by atoms with Crippen molar-refractivity contribution in [2.45, 2.75) is 31.4 Å². The van der Waals surface area contributed by atoms with Crippen molar-refractivity contribution in [3.63, 3.8) is 0 Å². The summed E-state index contributed by atoms with van der Waals surface area (Å²) in [5.74, 6) is -0.295. The smallest absolute Gasteiger partial charge is 0.193 e. The van der Waals surface area contributed by atoms with Gasteiger partial charge in [-0.1, -0.05) is 23.7 Å². The van der Waals surface area contributed by atoms with E-state index >= 15 is 0 Å². The van der Waals surface area contributed by atoms with Gasteiger partial charge in [-0.25, -0.2) is 4.39 Å². The largest absolute Gasteiger partial charge is 0.296 e. The minimum Gasteiger partial charge on any atom is -0.296 e. The molecule has 1 aromatic rings. The molecule has 3 heteroatoms. The van der Waals surface area contributed by atoms with E-state index in [4.69, 9.17) is 11.6 Å². The Kier molecular flexibility index (Phi) is 2.79. The van der Waals surface area contributed by atoms with Crippen molar-refractivity contribution >= 4 is 17.4 Å². The maximum Gasteiger partial charge on any atom is 0.193 e. The lowest BCUT2D eigenvalue weighted by molar-refractivity contribution is -0.134. The molecule has 15 heavy (non-hydrogen) atoms. The zero-order valence-corrected chi connectivity index (χ0v) is 9.06. The molecule has 1 aromatic carbocycles. The monoisotopic (exact) mass is 226 g/mol. The Morgan fingerprint density at radius 2 is 1.87 bits per heavy atom. The predicted molar refractivity (Wildman–Crippen MR) is 57.7 cm³/mol. The van der Waals surface area contributed by atoms with Crippen LogP contribution in [-0.4, -0.2) is 5.78 Å². The van der Waals surface area contributed by atoms with Crippen molar-refractivity contribution < 1.29 is 9.18 Å². The van der Waals surface area contributed by atoms with E-state index in [-0.39, 0.29) is 5.78 Å². The molecule has 0 saturated heterocycles. The van der Waals surface area contributed by atoms with Gasteiger partial charge in [-0.15, -0.1) is 0 Å². The molecule has 0 spiro atoms. The van der Waals surface area contributed by atoms with Crippen LogP contribution in [0.4, 0.5) is 4.39 Å². The Bertz CT molecular complexity index is 374. The molecule has 0 unspecified atom stereocenters. The molecule has 1 nitrogen and oxygen atoms in total. The Labute approximate surface area is 93.2 Å². The summed E-state index contributed by atoms with van der Waals surface area (Å²) in [6, 6.07) is 6.46. The van der Waals surface area contributed by atoms with Gasteiger partial charge in [0.05, 0.1) is 0 Å². The van der Waals surface area contributed by atoms with Crippen LogP contribution in [0.25, 0.3) is 0 Å². The third kappa shape index (κ3) is 1.91. The Hall–Kier alpha value is -0.890. The predicted octanol–water partition coefficient (Wildman–Crippen LogP) is 3.65. The van der Waals surface area contributed by atoms with Gasteiger partial charge in [0.1, 0.15) is 0 Å². The SMILES string of the molecule is O=C1CCCC[C@@]1(F)c1ccc(Cl)cc1. The average molecular weight is 227 g/mol. The minimum absolute atomic E-state index is 0.295. The van der Waals surface area contributed by atoms with E-state index in [1.165, 1.54) is 0 Å². The van der Waals surface area contributed by atoms with Crippen molar-refractivity contribution in [1.29, 1.82) is 0 Å². The van der Waals surface area contributed by atoms with Gasteiger partial charge in [0.25, 0.3) is 0 Å². The fourth-order valence-corrected chi connectivity index (χ4v) is 2.14. The summed E-state index contributed by atoms with van der Waals surface area (Å²) in [6.07, 6.45) is 2.22. The van der Waals surface area contributed by atoms with E-state index < -0.39 is 5.67 Å². The molecule has 1 saturated carbocycles. The molecule has 0 aliphatic heterocycles. The number of benzene rings is 1. The fraction of sp³-hybridized carbons (Fsp3) is 0.417. The van der Waals surface area contributed by atoms with Gasteiger partial charge in [-0.05, 0) is 37.0 Å². The molecule has 1 atom stereocenters. The van der Waals surface area contributed by atoms with Crippen molar-refractivity contribution in [3.05, 3.63) is 34.9 Å². The molecule has 1 aliphatic carbocycles. The van der Waals surface area contributed by atoms with Crippen LogP contribution in [0, 0.1) is 0 Å². The highest BCUT2D eigenvalue weighted by molar-refractivity contribution is 6.30. The maximum atomic E-state index is 14.4. The highest BCUT2D eigenvalue weighted by Crippen LogP contribution is 2.38. The Balaban J connectivity index is 2.35. The van der Waals surface area contributed by atoms with Crippen molar-refractivity contribution in [2.24, 2.45) is 0 Å². The fourth-order valence-electron chi connectivity index (χ4n) is 2.01. The molecule has 1 aliphatic rings. The van der Waals surface area contributed by atoms with Crippen LogP contribution in [0.2, 0.25) is 5.02 Å². The van der Waals surface area contributed by atoms with Crippen LogP contribution in [0.3, 0.4) is 0 Å². The molecule has 0 heterocycles. The number of carbonyl (C=O) groups is 1. The molecule has 0 radical (unpaired) electrons. The third-order valence-corrected chi connectivity index (χ3v) is 3.17. The van der Waals surface area contributed by atoms with E-state index in [2.05, 4.69) is 0 Å². The second kappa shape index (κ2) is 3.93.